The van der Waals surface area contributed by atoms with E-state index in [1.165, 1.54) is 19.5 Å². The fourth-order valence-electron chi connectivity index (χ4n) is 2.29. The minimum Gasteiger partial charge on any atom is -0.465 e. The molecule has 1 saturated carbocycles. The number of rotatable bonds is 5. The van der Waals surface area contributed by atoms with Crippen molar-refractivity contribution in [3.8, 4) is 6.07 Å². The minimum atomic E-state index is -0.361. The highest BCUT2D eigenvalue weighted by Gasteiger charge is 2.30. The molecule has 2 heterocycles. The van der Waals surface area contributed by atoms with Gasteiger partial charge in [0.25, 0.3) is 0 Å². The number of anilines is 1. The van der Waals surface area contributed by atoms with E-state index in [2.05, 4.69) is 20.3 Å². The Morgan fingerprint density at radius 1 is 1.39 bits per heavy atom. The third-order valence-electron chi connectivity index (χ3n) is 3.59. The van der Waals surface area contributed by atoms with E-state index in [4.69, 9.17) is 10.00 Å². The van der Waals surface area contributed by atoms with Crippen LogP contribution < -0.4 is 5.32 Å². The smallest absolute Gasteiger partial charge is 0.339 e. The first-order valence-electron chi connectivity index (χ1n) is 7.26. The summed E-state index contributed by atoms with van der Waals surface area (Å²) in [4.78, 5) is 24.4. The third kappa shape index (κ3) is 3.26. The van der Waals surface area contributed by atoms with Gasteiger partial charge >= 0.3 is 5.97 Å². The third-order valence-corrected chi connectivity index (χ3v) is 3.59. The van der Waals surface area contributed by atoms with Gasteiger partial charge in [-0.25, -0.2) is 14.8 Å². The number of pyridine rings is 1. The Morgan fingerprint density at radius 3 is 2.87 bits per heavy atom. The van der Waals surface area contributed by atoms with Crippen molar-refractivity contribution in [3.05, 3.63) is 47.2 Å². The molecule has 0 spiro atoms. The second-order valence-corrected chi connectivity index (χ2v) is 5.22. The molecule has 1 aliphatic rings. The standard InChI is InChI=1S/C16H15N5O2/c1-23-16(22)12-5-4-11(21-14(12)10-2-3-10)9-20-15-13(8-17)18-6-7-19-15/h4-7,10H,2-3,9H2,1H3,(H,19,20). The number of ether oxygens (including phenoxy) is 1. The van der Waals surface area contributed by atoms with Crippen LogP contribution in [0.2, 0.25) is 0 Å². The van der Waals surface area contributed by atoms with Crippen molar-refractivity contribution in [2.45, 2.75) is 25.3 Å². The number of carbonyl (C=O) groups excluding carboxylic acids is 1. The van der Waals surface area contributed by atoms with Crippen LogP contribution in [0.25, 0.3) is 0 Å². The normalized spacial score (nSPS) is 13.2. The first kappa shape index (κ1) is 14.9. The summed E-state index contributed by atoms with van der Waals surface area (Å²) < 4.78 is 4.81. The van der Waals surface area contributed by atoms with Crippen LogP contribution in [0, 0.1) is 11.3 Å². The van der Waals surface area contributed by atoms with Gasteiger partial charge in [0.2, 0.25) is 0 Å². The van der Waals surface area contributed by atoms with Crippen molar-refractivity contribution in [3.63, 3.8) is 0 Å². The van der Waals surface area contributed by atoms with Crippen molar-refractivity contribution in [2.24, 2.45) is 0 Å². The molecule has 0 aromatic carbocycles. The van der Waals surface area contributed by atoms with Gasteiger partial charge in [0.15, 0.2) is 11.5 Å². The average Bonchev–Trinajstić information content (AvgIpc) is 3.44. The van der Waals surface area contributed by atoms with E-state index in [0.29, 0.717) is 23.8 Å². The lowest BCUT2D eigenvalue weighted by atomic mass is 10.1. The zero-order valence-electron chi connectivity index (χ0n) is 12.6. The number of nitrogens with zero attached hydrogens (tertiary/aromatic N) is 4. The van der Waals surface area contributed by atoms with Crippen molar-refractivity contribution in [2.75, 3.05) is 12.4 Å². The Labute approximate surface area is 133 Å². The summed E-state index contributed by atoms with van der Waals surface area (Å²) in [5.41, 5.74) is 2.32. The van der Waals surface area contributed by atoms with Crippen LogP contribution in [-0.4, -0.2) is 28.0 Å². The van der Waals surface area contributed by atoms with Gasteiger partial charge in [-0.2, -0.15) is 5.26 Å². The molecule has 1 aliphatic carbocycles. The highest BCUT2D eigenvalue weighted by Crippen LogP contribution is 2.40. The molecule has 7 nitrogen and oxygen atoms in total. The molecule has 0 aliphatic heterocycles. The lowest BCUT2D eigenvalue weighted by Gasteiger charge is -2.10. The summed E-state index contributed by atoms with van der Waals surface area (Å²) >= 11 is 0. The van der Waals surface area contributed by atoms with E-state index in [0.717, 1.165) is 24.2 Å². The zero-order chi connectivity index (χ0) is 16.2. The Bertz CT molecular complexity index is 780. The number of methoxy groups -OCH3 is 1. The Morgan fingerprint density at radius 2 is 2.17 bits per heavy atom. The molecule has 2 aromatic rings. The molecular weight excluding hydrogens is 294 g/mol. The van der Waals surface area contributed by atoms with E-state index in [9.17, 15) is 4.79 Å². The number of esters is 1. The first-order chi connectivity index (χ1) is 11.2. The molecule has 0 bridgehead atoms. The molecule has 0 saturated heterocycles. The summed E-state index contributed by atoms with van der Waals surface area (Å²) in [6, 6.07) is 5.50. The molecule has 3 rings (SSSR count). The first-order valence-corrected chi connectivity index (χ1v) is 7.26. The SMILES string of the molecule is COC(=O)c1ccc(CNc2nccnc2C#N)nc1C1CC1. The molecule has 1 N–H and O–H groups in total. The second-order valence-electron chi connectivity index (χ2n) is 5.22. The Balaban J connectivity index is 1.80. The Hall–Kier alpha value is -3.01. The number of nitrogens with one attached hydrogen (secondary N) is 1. The van der Waals surface area contributed by atoms with Gasteiger partial charge in [-0.1, -0.05) is 0 Å². The lowest BCUT2D eigenvalue weighted by Crippen LogP contribution is -2.11. The van der Waals surface area contributed by atoms with Crippen LogP contribution >= 0.6 is 0 Å². The van der Waals surface area contributed by atoms with Gasteiger partial charge < -0.3 is 10.1 Å². The Kier molecular flexibility index (Phi) is 4.15. The van der Waals surface area contributed by atoms with Gasteiger partial charge in [-0.15, -0.1) is 0 Å². The van der Waals surface area contributed by atoms with Crippen LogP contribution in [0.5, 0.6) is 0 Å². The summed E-state index contributed by atoms with van der Waals surface area (Å²) in [6.07, 6.45) is 5.07. The molecule has 1 fully saturated rings. The predicted octanol–water partition coefficient (Wildman–Crippen LogP) is 2.02. The number of carbonyl (C=O) groups is 1. The van der Waals surface area contributed by atoms with E-state index in [1.807, 2.05) is 6.07 Å². The average molecular weight is 309 g/mol. The van der Waals surface area contributed by atoms with E-state index >= 15 is 0 Å². The summed E-state index contributed by atoms with van der Waals surface area (Å²) in [5.74, 6) is 0.386. The molecule has 116 valence electrons. The minimum absolute atomic E-state index is 0.237. The molecule has 7 heteroatoms. The van der Waals surface area contributed by atoms with Gasteiger partial charge in [-0.05, 0) is 25.0 Å². The van der Waals surface area contributed by atoms with Crippen LogP contribution in [-0.2, 0) is 11.3 Å². The molecule has 0 unspecified atom stereocenters. The monoisotopic (exact) mass is 309 g/mol. The zero-order valence-corrected chi connectivity index (χ0v) is 12.6. The number of hydrogen-bond donors (Lipinski definition) is 1. The quantitative estimate of drug-likeness (QED) is 0.843. The summed E-state index contributed by atoms with van der Waals surface area (Å²) in [6.45, 7) is 0.397. The maximum atomic E-state index is 11.8. The van der Waals surface area contributed by atoms with Crippen molar-refractivity contribution >= 4 is 11.8 Å². The number of aromatic nitrogens is 3. The van der Waals surface area contributed by atoms with Crippen LogP contribution in [0.4, 0.5) is 5.82 Å². The van der Waals surface area contributed by atoms with Crippen molar-refractivity contribution < 1.29 is 9.53 Å². The molecule has 2 aromatic heterocycles. The second kappa shape index (κ2) is 6.40. The number of hydrogen-bond acceptors (Lipinski definition) is 7. The molecule has 0 amide bonds. The van der Waals surface area contributed by atoms with Crippen LogP contribution in [0.15, 0.2) is 24.5 Å². The topological polar surface area (TPSA) is 101 Å². The lowest BCUT2D eigenvalue weighted by molar-refractivity contribution is 0.0598. The molecule has 0 radical (unpaired) electrons. The van der Waals surface area contributed by atoms with E-state index in [-0.39, 0.29) is 11.7 Å². The highest BCUT2D eigenvalue weighted by atomic mass is 16.5. The fourth-order valence-corrected chi connectivity index (χ4v) is 2.29. The van der Waals surface area contributed by atoms with Gasteiger partial charge in [0.05, 0.1) is 30.6 Å². The largest absolute Gasteiger partial charge is 0.465 e. The van der Waals surface area contributed by atoms with Crippen molar-refractivity contribution in [1.29, 1.82) is 5.26 Å². The van der Waals surface area contributed by atoms with Gasteiger partial charge in [-0.3, -0.25) is 4.98 Å². The maximum absolute atomic E-state index is 11.8. The maximum Gasteiger partial charge on any atom is 0.339 e. The predicted molar refractivity (Wildman–Crippen MR) is 81.6 cm³/mol. The molecule has 23 heavy (non-hydrogen) atoms. The molecule has 0 atom stereocenters. The number of nitriles is 1. The van der Waals surface area contributed by atoms with Gasteiger partial charge in [0.1, 0.15) is 6.07 Å². The highest BCUT2D eigenvalue weighted by molar-refractivity contribution is 5.90. The summed E-state index contributed by atoms with van der Waals surface area (Å²) in [7, 11) is 1.37. The fraction of sp³-hybridized carbons (Fsp3) is 0.312. The molecular formula is C16H15N5O2. The van der Waals surface area contributed by atoms with Gasteiger partial charge in [0, 0.05) is 18.3 Å². The van der Waals surface area contributed by atoms with Crippen LogP contribution in [0.1, 0.15) is 46.2 Å². The van der Waals surface area contributed by atoms with Crippen LogP contribution in [0.3, 0.4) is 0 Å². The van der Waals surface area contributed by atoms with Crippen molar-refractivity contribution in [1.82, 2.24) is 15.0 Å². The van der Waals surface area contributed by atoms with E-state index < -0.39 is 0 Å². The summed E-state index contributed by atoms with van der Waals surface area (Å²) in [5, 5.41) is 12.1. The van der Waals surface area contributed by atoms with E-state index in [1.54, 1.807) is 12.1 Å².